The van der Waals surface area contributed by atoms with Crippen LogP contribution in [0.3, 0.4) is 0 Å². The van der Waals surface area contributed by atoms with Gasteiger partial charge in [0.15, 0.2) is 0 Å². The highest BCUT2D eigenvalue weighted by atomic mass is 32.2. The minimum Gasteiger partial charge on any atom is -0.492 e. The number of para-hydroxylation sites is 1. The average molecular weight is 519 g/mol. The summed E-state index contributed by atoms with van der Waals surface area (Å²) in [5.41, 5.74) is 4.37. The number of ether oxygens (including phenoxy) is 1. The first kappa shape index (κ1) is 24.1. The van der Waals surface area contributed by atoms with E-state index in [0.29, 0.717) is 11.4 Å². The van der Waals surface area contributed by atoms with E-state index >= 15 is 0 Å². The summed E-state index contributed by atoms with van der Waals surface area (Å²) >= 11 is 0.982. The van der Waals surface area contributed by atoms with Gasteiger partial charge in [-0.25, -0.2) is 0 Å². The Labute approximate surface area is 225 Å². The van der Waals surface area contributed by atoms with E-state index in [1.54, 1.807) is 0 Å². The predicted octanol–water partition coefficient (Wildman–Crippen LogP) is 7.27. The summed E-state index contributed by atoms with van der Waals surface area (Å²) in [5.74, 6) is 0.440. The summed E-state index contributed by atoms with van der Waals surface area (Å²) in [6, 6.07) is 30.6. The van der Waals surface area contributed by atoms with Crippen molar-refractivity contribution in [3.63, 3.8) is 0 Å². The van der Waals surface area contributed by atoms with Gasteiger partial charge in [0.1, 0.15) is 12.4 Å². The Morgan fingerprint density at radius 2 is 1.58 bits per heavy atom. The number of carbonyl (C=O) groups excluding carboxylic acids is 2. The summed E-state index contributed by atoms with van der Waals surface area (Å²) in [5, 5.41) is 3.21. The molecule has 0 aliphatic carbocycles. The van der Waals surface area contributed by atoms with Crippen LogP contribution in [0.15, 0.2) is 102 Å². The number of aromatic nitrogens is 1. The van der Waals surface area contributed by atoms with Crippen molar-refractivity contribution >= 4 is 50.7 Å². The van der Waals surface area contributed by atoms with Gasteiger partial charge in [-0.05, 0) is 59.3 Å². The number of benzene rings is 4. The van der Waals surface area contributed by atoms with Crippen molar-refractivity contribution in [2.45, 2.75) is 13.5 Å². The SMILES string of the molecule is Cc1ccc(OCCN2C(=O)S/C(=C\c3cn(Cc4cccc5ccccc45)c4ccccc34)C2=O)cc1. The Morgan fingerprint density at radius 3 is 2.42 bits per heavy atom. The molecule has 38 heavy (non-hydrogen) atoms. The van der Waals surface area contributed by atoms with Crippen molar-refractivity contribution in [1.82, 2.24) is 9.47 Å². The zero-order chi connectivity index (χ0) is 26.1. The number of carbonyl (C=O) groups is 2. The second kappa shape index (κ2) is 10.2. The lowest BCUT2D eigenvalue weighted by molar-refractivity contribution is -0.123. The van der Waals surface area contributed by atoms with Crippen LogP contribution in [0, 0.1) is 6.92 Å². The normalized spacial score (nSPS) is 14.8. The van der Waals surface area contributed by atoms with E-state index < -0.39 is 0 Å². The molecule has 0 radical (unpaired) electrons. The molecule has 0 atom stereocenters. The van der Waals surface area contributed by atoms with Crippen molar-refractivity contribution in [3.8, 4) is 5.75 Å². The van der Waals surface area contributed by atoms with Gasteiger partial charge in [0.05, 0.1) is 11.4 Å². The Kier molecular flexibility index (Phi) is 6.48. The highest BCUT2D eigenvalue weighted by Crippen LogP contribution is 2.34. The van der Waals surface area contributed by atoms with Crippen LogP contribution in [0.2, 0.25) is 0 Å². The Hall–Kier alpha value is -4.29. The molecule has 2 amide bonds. The summed E-state index contributed by atoms with van der Waals surface area (Å²) in [6.07, 6.45) is 3.91. The maximum absolute atomic E-state index is 13.1. The van der Waals surface area contributed by atoms with Crippen molar-refractivity contribution in [1.29, 1.82) is 0 Å². The number of thioether (sulfide) groups is 1. The van der Waals surface area contributed by atoms with E-state index in [0.717, 1.165) is 39.5 Å². The largest absolute Gasteiger partial charge is 0.492 e. The molecule has 0 saturated carbocycles. The molecule has 1 aromatic heterocycles. The zero-order valence-electron chi connectivity index (χ0n) is 21.0. The molecule has 188 valence electrons. The predicted molar refractivity (Wildman–Crippen MR) is 154 cm³/mol. The van der Waals surface area contributed by atoms with Crippen LogP contribution in [0.4, 0.5) is 4.79 Å². The van der Waals surface area contributed by atoms with E-state index in [1.165, 1.54) is 21.2 Å². The number of fused-ring (bicyclic) bond motifs is 2. The van der Waals surface area contributed by atoms with Crippen LogP contribution in [0.5, 0.6) is 5.75 Å². The first-order chi connectivity index (χ1) is 18.6. The lowest BCUT2D eigenvalue weighted by atomic mass is 10.0. The third-order valence-corrected chi connectivity index (χ3v) is 7.71. The molecule has 1 aliphatic heterocycles. The highest BCUT2D eigenvalue weighted by molar-refractivity contribution is 8.18. The quantitative estimate of drug-likeness (QED) is 0.213. The van der Waals surface area contributed by atoms with E-state index in [4.69, 9.17) is 4.74 Å². The van der Waals surface area contributed by atoms with Gasteiger partial charge in [0, 0.05) is 29.2 Å². The molecule has 0 spiro atoms. The van der Waals surface area contributed by atoms with Gasteiger partial charge >= 0.3 is 0 Å². The fourth-order valence-corrected chi connectivity index (χ4v) is 5.71. The van der Waals surface area contributed by atoms with Crippen molar-refractivity contribution in [3.05, 3.63) is 119 Å². The molecule has 0 bridgehead atoms. The maximum atomic E-state index is 13.1. The third kappa shape index (κ3) is 4.71. The molecule has 5 nitrogen and oxygen atoms in total. The zero-order valence-corrected chi connectivity index (χ0v) is 21.8. The van der Waals surface area contributed by atoms with Gasteiger partial charge in [-0.2, -0.15) is 0 Å². The van der Waals surface area contributed by atoms with Gasteiger partial charge in [0.2, 0.25) is 0 Å². The van der Waals surface area contributed by atoms with Crippen LogP contribution < -0.4 is 4.74 Å². The topological polar surface area (TPSA) is 51.5 Å². The first-order valence-electron chi connectivity index (χ1n) is 12.6. The summed E-state index contributed by atoms with van der Waals surface area (Å²) in [6.45, 7) is 3.17. The number of amides is 2. The van der Waals surface area contributed by atoms with Crippen molar-refractivity contribution < 1.29 is 14.3 Å². The van der Waals surface area contributed by atoms with E-state index in [2.05, 4.69) is 65.4 Å². The lowest BCUT2D eigenvalue weighted by Crippen LogP contribution is -2.32. The average Bonchev–Trinajstić information content (AvgIpc) is 3.41. The minimum absolute atomic E-state index is 0.207. The highest BCUT2D eigenvalue weighted by Gasteiger charge is 2.35. The van der Waals surface area contributed by atoms with Crippen molar-refractivity contribution in [2.24, 2.45) is 0 Å². The number of imide groups is 1. The Bertz CT molecular complexity index is 1700. The Balaban J connectivity index is 1.24. The van der Waals surface area contributed by atoms with Gasteiger partial charge in [-0.15, -0.1) is 0 Å². The van der Waals surface area contributed by atoms with Crippen molar-refractivity contribution in [2.75, 3.05) is 13.2 Å². The lowest BCUT2D eigenvalue weighted by Gasteiger charge is -2.13. The van der Waals surface area contributed by atoms with Gasteiger partial charge in [0.25, 0.3) is 11.1 Å². The summed E-state index contributed by atoms with van der Waals surface area (Å²) in [7, 11) is 0. The third-order valence-electron chi connectivity index (χ3n) is 6.80. The first-order valence-corrected chi connectivity index (χ1v) is 13.4. The molecule has 1 saturated heterocycles. The molecule has 6 heteroatoms. The fraction of sp³-hybridized carbons (Fsp3) is 0.125. The molecule has 6 rings (SSSR count). The van der Waals surface area contributed by atoms with Crippen LogP contribution in [0.25, 0.3) is 27.8 Å². The van der Waals surface area contributed by atoms with Gasteiger partial charge < -0.3 is 9.30 Å². The molecular weight excluding hydrogens is 492 g/mol. The molecule has 1 aliphatic rings. The van der Waals surface area contributed by atoms with Crippen LogP contribution in [-0.2, 0) is 11.3 Å². The summed E-state index contributed by atoms with van der Waals surface area (Å²) < 4.78 is 7.95. The molecule has 0 unspecified atom stereocenters. The second-order valence-corrected chi connectivity index (χ2v) is 10.4. The van der Waals surface area contributed by atoms with Crippen LogP contribution in [-0.4, -0.2) is 33.8 Å². The molecular formula is C32H26N2O3S. The van der Waals surface area contributed by atoms with Gasteiger partial charge in [-0.3, -0.25) is 14.5 Å². The van der Waals surface area contributed by atoms with E-state index in [9.17, 15) is 9.59 Å². The molecule has 4 aromatic carbocycles. The van der Waals surface area contributed by atoms with Gasteiger partial charge in [-0.1, -0.05) is 78.4 Å². The second-order valence-electron chi connectivity index (χ2n) is 9.36. The number of nitrogens with zero attached hydrogens (tertiary/aromatic N) is 2. The van der Waals surface area contributed by atoms with E-state index in [1.807, 2.05) is 49.4 Å². The number of aryl methyl sites for hydroxylation is 1. The van der Waals surface area contributed by atoms with Crippen LogP contribution in [0.1, 0.15) is 16.7 Å². The molecule has 5 aromatic rings. The summed E-state index contributed by atoms with van der Waals surface area (Å²) in [4.78, 5) is 27.5. The number of hydrogen-bond acceptors (Lipinski definition) is 4. The molecule has 0 N–H and O–H groups in total. The Morgan fingerprint density at radius 1 is 0.842 bits per heavy atom. The maximum Gasteiger partial charge on any atom is 0.293 e. The monoisotopic (exact) mass is 518 g/mol. The molecule has 2 heterocycles. The standard InChI is InChI=1S/C32H26N2O3S/c1-22-13-15-26(16-14-22)37-18-17-34-31(35)30(38-32(34)36)19-25-21-33(29-12-5-4-11-28(25)29)20-24-9-6-8-23-7-2-3-10-27(23)24/h2-16,19,21H,17-18,20H2,1H3/b30-19-. The number of rotatable bonds is 7. The fourth-order valence-electron chi connectivity index (χ4n) is 4.86. The minimum atomic E-state index is -0.279. The molecule has 1 fully saturated rings. The smallest absolute Gasteiger partial charge is 0.293 e. The van der Waals surface area contributed by atoms with E-state index in [-0.39, 0.29) is 24.3 Å². The number of hydrogen-bond donors (Lipinski definition) is 0. The van der Waals surface area contributed by atoms with Crippen LogP contribution >= 0.6 is 11.8 Å².